The number of hydrogen-bond acceptors (Lipinski definition) is 7. The highest BCUT2D eigenvalue weighted by molar-refractivity contribution is 7.80. The van der Waals surface area contributed by atoms with Crippen LogP contribution in [0.3, 0.4) is 0 Å². The molecule has 0 unspecified atom stereocenters. The lowest BCUT2D eigenvalue weighted by Gasteiger charge is -2.43. The molecule has 3 rings (SSSR count). The Balaban J connectivity index is 1.93. The summed E-state index contributed by atoms with van der Waals surface area (Å²) in [6.07, 6.45) is 0.375. The predicted molar refractivity (Wildman–Crippen MR) is 67.4 cm³/mol. The number of urea groups is 1. The lowest BCUT2D eigenvalue weighted by Crippen LogP contribution is -2.63. The van der Waals surface area contributed by atoms with Crippen molar-refractivity contribution in [2.24, 2.45) is 5.92 Å². The molecule has 2 bridgehead atoms. The second kappa shape index (κ2) is 5.03. The number of rotatable bonds is 4. The van der Waals surface area contributed by atoms with Gasteiger partial charge in [-0.05, 0) is 12.8 Å². The summed E-state index contributed by atoms with van der Waals surface area (Å²) in [4.78, 5) is 30.3. The van der Waals surface area contributed by atoms with Crippen molar-refractivity contribution in [3.8, 4) is 0 Å². The smallest absolute Gasteiger partial charge is 0.418 e. The van der Waals surface area contributed by atoms with E-state index in [1.165, 1.54) is 0 Å². The van der Waals surface area contributed by atoms with E-state index in [4.69, 9.17) is 9.39 Å². The molecule has 11 nitrogen and oxygen atoms in total. The van der Waals surface area contributed by atoms with E-state index in [0.717, 1.165) is 4.90 Å². The Hall–Kier alpha value is -1.47. The fraction of sp³-hybridized carbons (Fsp3) is 0.800. The lowest BCUT2D eigenvalue weighted by atomic mass is 9.76. The fourth-order valence-electron chi connectivity index (χ4n) is 3.40. The van der Waals surface area contributed by atoms with Gasteiger partial charge in [0.05, 0.1) is 12.6 Å². The third kappa shape index (κ3) is 2.23. The zero-order chi connectivity index (χ0) is 16.1. The predicted octanol–water partition coefficient (Wildman–Crippen LogP) is -1.40. The Morgan fingerprint density at radius 1 is 1.50 bits per heavy atom. The van der Waals surface area contributed by atoms with Gasteiger partial charge in [-0.15, -0.1) is 4.28 Å². The molecule has 3 aliphatic heterocycles. The largest absolute Gasteiger partial charge is 0.479 e. The molecule has 3 saturated heterocycles. The number of carbonyl (C=O) groups excluding carboxylic acids is 1. The number of nitrogens with zero attached hydrogens (tertiary/aromatic N) is 2. The Morgan fingerprint density at radius 2 is 2.23 bits per heavy atom. The van der Waals surface area contributed by atoms with E-state index in [9.17, 15) is 23.1 Å². The number of hydrogen-bond donors (Lipinski definition) is 3. The SMILES string of the molecule is O=C1N(OS(=O)(=O)O)[C@@H]2CC[C@@](C(=O)O)([C@@H]3CNOC3)N1C2. The van der Waals surface area contributed by atoms with Gasteiger partial charge in [0.1, 0.15) is 5.54 Å². The summed E-state index contributed by atoms with van der Waals surface area (Å²) in [5.41, 5.74) is 1.10. The number of hydroxylamine groups is 3. The number of piperidine rings is 1. The minimum atomic E-state index is -4.86. The molecule has 0 aliphatic carbocycles. The number of carboxylic acids is 1. The van der Waals surface area contributed by atoms with Gasteiger partial charge in [0.2, 0.25) is 0 Å². The minimum Gasteiger partial charge on any atom is -0.479 e. The molecule has 124 valence electrons. The molecule has 12 heteroatoms. The van der Waals surface area contributed by atoms with Crippen LogP contribution < -0.4 is 5.48 Å². The van der Waals surface area contributed by atoms with Crippen molar-refractivity contribution < 1.29 is 36.8 Å². The van der Waals surface area contributed by atoms with Crippen LogP contribution in [0.5, 0.6) is 0 Å². The van der Waals surface area contributed by atoms with Crippen molar-refractivity contribution in [2.75, 3.05) is 19.7 Å². The monoisotopic (exact) mass is 337 g/mol. The number of carboxylic acid groups (broad SMARTS) is 1. The zero-order valence-corrected chi connectivity index (χ0v) is 12.2. The van der Waals surface area contributed by atoms with Crippen molar-refractivity contribution in [1.82, 2.24) is 15.4 Å². The number of amides is 2. The molecule has 0 aromatic rings. The maximum atomic E-state index is 12.4. The van der Waals surface area contributed by atoms with E-state index in [1.807, 2.05) is 0 Å². The first-order valence-electron chi connectivity index (χ1n) is 6.61. The van der Waals surface area contributed by atoms with Crippen molar-refractivity contribution in [2.45, 2.75) is 24.4 Å². The summed E-state index contributed by atoms with van der Waals surface area (Å²) in [6, 6.07) is -1.52. The number of fused-ring (bicyclic) bond motifs is 2. The minimum absolute atomic E-state index is 0.0111. The van der Waals surface area contributed by atoms with Crippen molar-refractivity contribution in [3.63, 3.8) is 0 Å². The van der Waals surface area contributed by atoms with Crippen LogP contribution in [0.4, 0.5) is 4.79 Å². The van der Waals surface area contributed by atoms with Crippen molar-refractivity contribution in [3.05, 3.63) is 0 Å². The maximum Gasteiger partial charge on any atom is 0.418 e. The van der Waals surface area contributed by atoms with Gasteiger partial charge in [0, 0.05) is 19.0 Å². The van der Waals surface area contributed by atoms with Crippen LogP contribution in [0.25, 0.3) is 0 Å². The van der Waals surface area contributed by atoms with Crippen LogP contribution in [0.1, 0.15) is 12.8 Å². The highest BCUT2D eigenvalue weighted by Gasteiger charge is 2.62. The Morgan fingerprint density at radius 3 is 2.77 bits per heavy atom. The van der Waals surface area contributed by atoms with E-state index in [1.54, 1.807) is 0 Å². The first-order valence-corrected chi connectivity index (χ1v) is 7.98. The second-order valence-corrected chi connectivity index (χ2v) is 6.50. The lowest BCUT2D eigenvalue weighted by molar-refractivity contribution is -0.155. The van der Waals surface area contributed by atoms with Gasteiger partial charge in [0.25, 0.3) is 0 Å². The van der Waals surface area contributed by atoms with Gasteiger partial charge in [-0.2, -0.15) is 13.5 Å². The third-order valence-electron chi connectivity index (χ3n) is 4.42. The normalized spacial score (nSPS) is 35.2. The molecular formula is C10H15N3O8S. The first-order chi connectivity index (χ1) is 10.3. The molecule has 0 saturated carbocycles. The fourth-order valence-corrected chi connectivity index (χ4v) is 3.79. The molecule has 0 aromatic carbocycles. The summed E-state index contributed by atoms with van der Waals surface area (Å²) >= 11 is 0. The van der Waals surface area contributed by atoms with Crippen LogP contribution in [-0.4, -0.2) is 71.3 Å². The average Bonchev–Trinajstić information content (AvgIpc) is 3.03. The molecule has 22 heavy (non-hydrogen) atoms. The van der Waals surface area contributed by atoms with E-state index in [0.29, 0.717) is 5.06 Å². The van der Waals surface area contributed by atoms with Crippen molar-refractivity contribution >= 4 is 22.4 Å². The molecule has 3 atom stereocenters. The summed E-state index contributed by atoms with van der Waals surface area (Å²) in [5.74, 6) is -1.65. The summed E-state index contributed by atoms with van der Waals surface area (Å²) in [7, 11) is -4.86. The van der Waals surface area contributed by atoms with Gasteiger partial charge < -0.3 is 14.8 Å². The third-order valence-corrected chi connectivity index (χ3v) is 4.77. The van der Waals surface area contributed by atoms with Gasteiger partial charge in [-0.25, -0.2) is 15.1 Å². The molecular weight excluding hydrogens is 322 g/mol. The Kier molecular flexibility index (Phi) is 3.52. The van der Waals surface area contributed by atoms with E-state index in [2.05, 4.69) is 9.76 Å². The molecule has 2 amide bonds. The quantitative estimate of drug-likeness (QED) is 0.527. The van der Waals surface area contributed by atoms with Crippen LogP contribution in [0, 0.1) is 5.92 Å². The molecule has 3 heterocycles. The maximum absolute atomic E-state index is 12.4. The molecule has 0 aromatic heterocycles. The van der Waals surface area contributed by atoms with Crippen LogP contribution in [-0.2, 0) is 24.3 Å². The molecule has 0 spiro atoms. The molecule has 0 radical (unpaired) electrons. The molecule has 3 fully saturated rings. The molecule has 3 N–H and O–H groups in total. The highest BCUT2D eigenvalue weighted by Crippen LogP contribution is 2.42. The summed E-state index contributed by atoms with van der Waals surface area (Å²) in [5, 5.41) is 10.2. The second-order valence-electron chi connectivity index (χ2n) is 5.50. The van der Waals surface area contributed by atoms with E-state index < -0.39 is 39.9 Å². The van der Waals surface area contributed by atoms with Crippen molar-refractivity contribution in [1.29, 1.82) is 0 Å². The van der Waals surface area contributed by atoms with Gasteiger partial charge in [-0.1, -0.05) is 0 Å². The number of aliphatic carboxylic acids is 1. The summed E-state index contributed by atoms with van der Waals surface area (Å²) in [6.45, 7) is 0.400. The number of nitrogens with one attached hydrogen (secondary N) is 1. The topological polar surface area (TPSA) is 146 Å². The molecule has 3 aliphatic rings. The van der Waals surface area contributed by atoms with Gasteiger partial charge in [-0.3, -0.25) is 4.55 Å². The highest BCUT2D eigenvalue weighted by atomic mass is 32.3. The Bertz CT molecular complexity index is 603. The van der Waals surface area contributed by atoms with Crippen LogP contribution in [0.2, 0.25) is 0 Å². The standard InChI is InChI=1S/C10H15N3O8S/c14-8(15)10(6-3-11-20-5-6)2-1-7-4-12(10)9(16)13(7)21-22(17,18)19/h6-7,11H,1-5H2,(H,14,15)(H,17,18,19)/t6-,7-,10+/m1/s1. The van der Waals surface area contributed by atoms with Gasteiger partial charge in [0.15, 0.2) is 0 Å². The number of carbonyl (C=O) groups is 2. The Labute approximate surface area is 125 Å². The van der Waals surface area contributed by atoms with E-state index >= 15 is 0 Å². The zero-order valence-electron chi connectivity index (χ0n) is 11.3. The first kappa shape index (κ1) is 15.4. The average molecular weight is 337 g/mol. The van der Waals surface area contributed by atoms with Gasteiger partial charge >= 0.3 is 22.4 Å². The van der Waals surface area contributed by atoms with E-state index in [-0.39, 0.29) is 32.5 Å². The van der Waals surface area contributed by atoms with Crippen LogP contribution in [0.15, 0.2) is 0 Å². The van der Waals surface area contributed by atoms with Crippen LogP contribution >= 0.6 is 0 Å². The summed E-state index contributed by atoms with van der Waals surface area (Å²) < 4.78 is 34.7.